The monoisotopic (exact) mass is 473 g/mol. The molecule has 1 heterocycles. The van der Waals surface area contributed by atoms with Crippen LogP contribution in [-0.2, 0) is 12.8 Å². The van der Waals surface area contributed by atoms with E-state index in [1.54, 1.807) is 18.2 Å². The van der Waals surface area contributed by atoms with Gasteiger partial charge in [0.1, 0.15) is 35.4 Å². The van der Waals surface area contributed by atoms with Crippen LogP contribution >= 0.6 is 0 Å². The Morgan fingerprint density at radius 1 is 0.800 bits per heavy atom. The van der Waals surface area contributed by atoms with Crippen LogP contribution in [0.25, 0.3) is 0 Å². The lowest BCUT2D eigenvalue weighted by atomic mass is 9.79. The van der Waals surface area contributed by atoms with Crippen molar-refractivity contribution in [2.45, 2.75) is 50.9 Å². The van der Waals surface area contributed by atoms with E-state index in [2.05, 4.69) is 4.90 Å². The molecule has 0 saturated carbocycles. The minimum Gasteiger partial charge on any atom is -0.508 e. The molecule has 0 radical (unpaired) electrons. The molecule has 5 heteroatoms. The van der Waals surface area contributed by atoms with E-state index in [-0.39, 0.29) is 11.5 Å². The Balaban J connectivity index is 1.23. The number of phenols is 2. The van der Waals surface area contributed by atoms with Crippen LogP contribution < -0.4 is 9.47 Å². The number of phenolic OH excluding ortho intramolecular Hbond substituents is 2. The summed E-state index contributed by atoms with van der Waals surface area (Å²) >= 11 is 0. The lowest BCUT2D eigenvalue weighted by Gasteiger charge is -2.27. The van der Waals surface area contributed by atoms with Gasteiger partial charge in [-0.2, -0.15) is 0 Å². The second-order valence-corrected chi connectivity index (χ2v) is 9.79. The molecule has 0 spiro atoms. The third kappa shape index (κ3) is 6.09. The molecular formula is C30H35NO4. The van der Waals surface area contributed by atoms with Gasteiger partial charge in [-0.3, -0.25) is 4.90 Å². The first-order chi connectivity index (χ1) is 17.1. The molecule has 1 saturated heterocycles. The Kier molecular flexibility index (Phi) is 7.43. The Bertz CT molecular complexity index is 1100. The van der Waals surface area contributed by atoms with Crippen molar-refractivity contribution in [2.24, 2.45) is 0 Å². The molecule has 3 aromatic rings. The van der Waals surface area contributed by atoms with Gasteiger partial charge >= 0.3 is 0 Å². The van der Waals surface area contributed by atoms with Crippen LogP contribution in [-0.4, -0.2) is 41.4 Å². The van der Waals surface area contributed by atoms with Crippen molar-refractivity contribution in [2.75, 3.05) is 26.2 Å². The number of aryl methyl sites for hydroxylation is 1. The maximum Gasteiger partial charge on any atom is 0.134 e. The quantitative estimate of drug-likeness (QED) is 0.415. The van der Waals surface area contributed by atoms with Gasteiger partial charge in [0.05, 0.1) is 0 Å². The number of hydrogen-bond acceptors (Lipinski definition) is 5. The van der Waals surface area contributed by atoms with Crippen molar-refractivity contribution < 1.29 is 19.7 Å². The first kappa shape index (κ1) is 23.6. The number of benzene rings is 3. The normalized spacial score (nSPS) is 18.5. The van der Waals surface area contributed by atoms with E-state index in [0.717, 1.165) is 48.4 Å². The average Bonchev–Trinajstić information content (AvgIpc) is 3.14. The van der Waals surface area contributed by atoms with Gasteiger partial charge in [-0.25, -0.2) is 0 Å². The summed E-state index contributed by atoms with van der Waals surface area (Å²) < 4.78 is 12.2. The molecule has 2 N–H and O–H groups in total. The van der Waals surface area contributed by atoms with Gasteiger partial charge in [0.2, 0.25) is 0 Å². The molecule has 0 aromatic heterocycles. The van der Waals surface area contributed by atoms with Crippen LogP contribution in [0.1, 0.15) is 54.7 Å². The highest BCUT2D eigenvalue weighted by Crippen LogP contribution is 2.41. The lowest BCUT2D eigenvalue weighted by Crippen LogP contribution is -2.29. The number of rotatable bonds is 7. The predicted molar refractivity (Wildman–Crippen MR) is 138 cm³/mol. The molecule has 0 amide bonds. The van der Waals surface area contributed by atoms with E-state index in [9.17, 15) is 10.2 Å². The molecule has 1 unspecified atom stereocenters. The van der Waals surface area contributed by atoms with Gasteiger partial charge < -0.3 is 19.7 Å². The van der Waals surface area contributed by atoms with Gasteiger partial charge in [0.15, 0.2) is 0 Å². The highest BCUT2D eigenvalue weighted by Gasteiger charge is 2.24. The van der Waals surface area contributed by atoms with Crippen LogP contribution in [0.5, 0.6) is 28.7 Å². The second kappa shape index (κ2) is 11.0. The predicted octanol–water partition coefficient (Wildman–Crippen LogP) is 6.42. The molecule has 35 heavy (non-hydrogen) atoms. The van der Waals surface area contributed by atoms with Gasteiger partial charge in [0, 0.05) is 12.6 Å². The highest BCUT2D eigenvalue weighted by atomic mass is 16.5. The smallest absolute Gasteiger partial charge is 0.134 e. The van der Waals surface area contributed by atoms with Gasteiger partial charge in [-0.15, -0.1) is 0 Å². The second-order valence-electron chi connectivity index (χ2n) is 9.79. The fourth-order valence-corrected chi connectivity index (χ4v) is 5.33. The van der Waals surface area contributed by atoms with Crippen molar-refractivity contribution in [1.82, 2.24) is 4.90 Å². The first-order valence-corrected chi connectivity index (χ1v) is 12.9. The summed E-state index contributed by atoms with van der Waals surface area (Å²) in [4.78, 5) is 2.50. The summed E-state index contributed by atoms with van der Waals surface area (Å²) in [6, 6.07) is 18.8. The molecule has 1 aliphatic heterocycles. The molecule has 3 aromatic carbocycles. The highest BCUT2D eigenvalue weighted by molar-refractivity contribution is 5.50. The zero-order chi connectivity index (χ0) is 24.0. The van der Waals surface area contributed by atoms with Gasteiger partial charge in [-0.05, 0) is 110 Å². The molecule has 1 atom stereocenters. The third-order valence-electron chi connectivity index (χ3n) is 7.29. The van der Waals surface area contributed by atoms with Crippen molar-refractivity contribution >= 4 is 0 Å². The van der Waals surface area contributed by atoms with Crippen molar-refractivity contribution in [3.8, 4) is 28.7 Å². The molecule has 5 rings (SSSR count). The number of fused-ring (bicyclic) bond motifs is 1. The fraction of sp³-hybridized carbons (Fsp3) is 0.400. The summed E-state index contributed by atoms with van der Waals surface area (Å²) in [7, 11) is 0. The molecule has 0 bridgehead atoms. The Hall–Kier alpha value is -3.18. The van der Waals surface area contributed by atoms with Crippen molar-refractivity contribution in [1.29, 1.82) is 0 Å². The van der Waals surface area contributed by atoms with Crippen LogP contribution in [0, 0.1) is 0 Å². The SMILES string of the molecule is Oc1ccc(C2CCc3cc(O)cc(Oc4ccc(OCCN5CCCCCC5)cc4)c3C2)cc1. The van der Waals surface area contributed by atoms with E-state index in [0.29, 0.717) is 18.3 Å². The number of hydrogen-bond donors (Lipinski definition) is 2. The van der Waals surface area contributed by atoms with E-state index < -0.39 is 0 Å². The molecule has 184 valence electrons. The third-order valence-corrected chi connectivity index (χ3v) is 7.29. The van der Waals surface area contributed by atoms with Crippen molar-refractivity contribution in [3.63, 3.8) is 0 Å². The molecule has 1 fully saturated rings. The fourth-order valence-electron chi connectivity index (χ4n) is 5.33. The van der Waals surface area contributed by atoms with Crippen molar-refractivity contribution in [3.05, 3.63) is 77.4 Å². The number of aromatic hydroxyl groups is 2. The maximum atomic E-state index is 10.3. The van der Waals surface area contributed by atoms with Gasteiger partial charge in [-0.1, -0.05) is 25.0 Å². The van der Waals surface area contributed by atoms with Crippen LogP contribution in [0.2, 0.25) is 0 Å². The number of ether oxygens (including phenoxy) is 2. The average molecular weight is 474 g/mol. The molecular weight excluding hydrogens is 438 g/mol. The standard InChI is InChI=1S/C30H35NO4/c32-25-9-7-22(8-10-25)23-5-6-24-19-26(33)21-30(29(24)20-23)35-28-13-11-27(12-14-28)34-18-17-31-15-3-1-2-4-16-31/h7-14,19,21,23,32-33H,1-6,15-18,20H2. The van der Waals surface area contributed by atoms with E-state index in [4.69, 9.17) is 9.47 Å². The summed E-state index contributed by atoms with van der Waals surface area (Å²) in [6.45, 7) is 4.02. The summed E-state index contributed by atoms with van der Waals surface area (Å²) in [6.07, 6.45) is 8.01. The van der Waals surface area contributed by atoms with E-state index >= 15 is 0 Å². The summed E-state index contributed by atoms with van der Waals surface area (Å²) in [5.74, 6) is 3.15. The maximum absolute atomic E-state index is 10.3. The Morgan fingerprint density at radius 2 is 1.51 bits per heavy atom. The summed E-state index contributed by atoms with van der Waals surface area (Å²) in [5, 5.41) is 19.9. The minimum atomic E-state index is 0.232. The minimum absolute atomic E-state index is 0.232. The summed E-state index contributed by atoms with van der Waals surface area (Å²) in [5.41, 5.74) is 3.50. The molecule has 2 aliphatic rings. The van der Waals surface area contributed by atoms with Gasteiger partial charge in [0.25, 0.3) is 0 Å². The lowest BCUT2D eigenvalue weighted by molar-refractivity contribution is 0.214. The Labute approximate surface area is 207 Å². The zero-order valence-electron chi connectivity index (χ0n) is 20.3. The number of nitrogens with zero attached hydrogens (tertiary/aromatic N) is 1. The first-order valence-electron chi connectivity index (χ1n) is 12.9. The van der Waals surface area contributed by atoms with Crippen LogP contribution in [0.15, 0.2) is 60.7 Å². The topological polar surface area (TPSA) is 62.2 Å². The van der Waals surface area contributed by atoms with Crippen LogP contribution in [0.3, 0.4) is 0 Å². The van der Waals surface area contributed by atoms with Crippen LogP contribution in [0.4, 0.5) is 0 Å². The molecule has 1 aliphatic carbocycles. The zero-order valence-corrected chi connectivity index (χ0v) is 20.3. The Morgan fingerprint density at radius 3 is 2.26 bits per heavy atom. The van der Waals surface area contributed by atoms with E-state index in [1.165, 1.54) is 44.3 Å². The largest absolute Gasteiger partial charge is 0.508 e. The molecule has 5 nitrogen and oxygen atoms in total. The van der Waals surface area contributed by atoms with E-state index in [1.807, 2.05) is 42.5 Å². The number of likely N-dealkylation sites (tertiary alicyclic amines) is 1.